The standard InChI is InChI=1S/C12H15Cl2N5O/c13-10-9(11(14)18-12(15)17-10)8(20)2-1-5-19-6-3-16-4-7-19/h1-2,16H,3-7H2,(H2,15,17,18)/b2-1+. The maximum Gasteiger partial charge on any atom is 0.222 e. The van der Waals surface area contributed by atoms with E-state index in [1.807, 2.05) is 0 Å². The van der Waals surface area contributed by atoms with Crippen LogP contribution in [0, 0.1) is 0 Å². The summed E-state index contributed by atoms with van der Waals surface area (Å²) in [6, 6.07) is 0. The van der Waals surface area contributed by atoms with Crippen LogP contribution >= 0.6 is 23.2 Å². The average Bonchev–Trinajstić information content (AvgIpc) is 2.38. The number of rotatable bonds is 4. The number of aromatic nitrogens is 2. The molecule has 0 bridgehead atoms. The van der Waals surface area contributed by atoms with E-state index in [0.29, 0.717) is 6.54 Å². The Morgan fingerprint density at radius 2 is 1.90 bits per heavy atom. The molecule has 1 aliphatic rings. The van der Waals surface area contributed by atoms with E-state index >= 15 is 0 Å². The van der Waals surface area contributed by atoms with Gasteiger partial charge in [0.2, 0.25) is 5.95 Å². The molecule has 1 fully saturated rings. The Kier molecular flexibility index (Phi) is 5.31. The molecule has 0 amide bonds. The first-order valence-corrected chi connectivity index (χ1v) is 6.96. The lowest BCUT2D eigenvalue weighted by atomic mass is 10.2. The zero-order valence-electron chi connectivity index (χ0n) is 10.8. The maximum absolute atomic E-state index is 12.0. The van der Waals surface area contributed by atoms with Crippen molar-refractivity contribution in [1.29, 1.82) is 0 Å². The van der Waals surface area contributed by atoms with Gasteiger partial charge in [0.05, 0.1) is 5.56 Å². The van der Waals surface area contributed by atoms with Gasteiger partial charge in [-0.15, -0.1) is 0 Å². The van der Waals surface area contributed by atoms with Crippen molar-refractivity contribution >= 4 is 34.9 Å². The Balaban J connectivity index is 2.01. The van der Waals surface area contributed by atoms with Gasteiger partial charge >= 0.3 is 0 Å². The van der Waals surface area contributed by atoms with Crippen LogP contribution in [0.15, 0.2) is 12.2 Å². The summed E-state index contributed by atoms with van der Waals surface area (Å²) in [5, 5.41) is 3.21. The van der Waals surface area contributed by atoms with Crippen molar-refractivity contribution < 1.29 is 4.79 Å². The molecule has 1 aliphatic heterocycles. The maximum atomic E-state index is 12.0. The number of piperazine rings is 1. The predicted octanol–water partition coefficient (Wildman–Crippen LogP) is 1.01. The fourth-order valence-electron chi connectivity index (χ4n) is 1.91. The van der Waals surface area contributed by atoms with Gasteiger partial charge in [0, 0.05) is 32.7 Å². The molecule has 2 heterocycles. The summed E-state index contributed by atoms with van der Waals surface area (Å²) >= 11 is 11.7. The first-order chi connectivity index (χ1) is 9.58. The summed E-state index contributed by atoms with van der Waals surface area (Å²) in [6.45, 7) is 4.56. The Hall–Kier alpha value is -1.21. The first kappa shape index (κ1) is 15.2. The zero-order chi connectivity index (χ0) is 14.5. The normalized spacial score (nSPS) is 16.7. The van der Waals surface area contributed by atoms with Crippen molar-refractivity contribution in [1.82, 2.24) is 20.2 Å². The van der Waals surface area contributed by atoms with Crippen molar-refractivity contribution in [3.8, 4) is 0 Å². The quantitative estimate of drug-likeness (QED) is 0.490. The molecule has 0 aromatic carbocycles. The summed E-state index contributed by atoms with van der Waals surface area (Å²) in [5.74, 6) is -0.378. The number of carbonyl (C=O) groups excluding carboxylic acids is 1. The van der Waals surface area contributed by atoms with Crippen molar-refractivity contribution in [3.63, 3.8) is 0 Å². The largest absolute Gasteiger partial charge is 0.368 e. The molecule has 0 radical (unpaired) electrons. The van der Waals surface area contributed by atoms with Gasteiger partial charge in [-0.3, -0.25) is 9.69 Å². The van der Waals surface area contributed by atoms with Gasteiger partial charge in [-0.25, -0.2) is 9.97 Å². The van der Waals surface area contributed by atoms with E-state index in [9.17, 15) is 4.79 Å². The number of nitrogens with two attached hydrogens (primary N) is 1. The van der Waals surface area contributed by atoms with E-state index in [-0.39, 0.29) is 27.6 Å². The summed E-state index contributed by atoms with van der Waals surface area (Å²) in [4.78, 5) is 21.7. The van der Waals surface area contributed by atoms with E-state index in [1.165, 1.54) is 6.08 Å². The molecule has 3 N–H and O–H groups in total. The molecule has 1 aromatic rings. The van der Waals surface area contributed by atoms with Crippen LogP contribution in [0.5, 0.6) is 0 Å². The van der Waals surface area contributed by atoms with Crippen molar-refractivity contribution in [2.75, 3.05) is 38.5 Å². The number of halogens is 2. The molecule has 0 saturated carbocycles. The minimum absolute atomic E-state index is 0.0284. The lowest BCUT2D eigenvalue weighted by molar-refractivity contribution is 0.104. The Bertz CT molecular complexity index is 506. The van der Waals surface area contributed by atoms with Gasteiger partial charge in [0.15, 0.2) is 5.78 Å². The lowest BCUT2D eigenvalue weighted by Crippen LogP contribution is -2.43. The topological polar surface area (TPSA) is 84.1 Å². The monoisotopic (exact) mass is 315 g/mol. The fourth-order valence-corrected chi connectivity index (χ4v) is 2.50. The number of anilines is 1. The van der Waals surface area contributed by atoms with Crippen LogP contribution in [0.1, 0.15) is 10.4 Å². The molecule has 108 valence electrons. The minimum Gasteiger partial charge on any atom is -0.368 e. The average molecular weight is 316 g/mol. The number of nitrogens with one attached hydrogen (secondary N) is 1. The molecular formula is C12H15Cl2N5O. The van der Waals surface area contributed by atoms with Crippen LogP contribution in [-0.2, 0) is 0 Å². The van der Waals surface area contributed by atoms with E-state index in [0.717, 1.165) is 26.2 Å². The van der Waals surface area contributed by atoms with E-state index < -0.39 is 0 Å². The molecule has 6 nitrogen and oxygen atoms in total. The number of nitrogen functional groups attached to an aromatic ring is 1. The predicted molar refractivity (Wildman–Crippen MR) is 79.2 cm³/mol. The number of hydrogen-bond donors (Lipinski definition) is 2. The van der Waals surface area contributed by atoms with E-state index in [2.05, 4.69) is 20.2 Å². The second-order valence-electron chi connectivity index (χ2n) is 4.36. The third kappa shape index (κ3) is 3.89. The molecule has 20 heavy (non-hydrogen) atoms. The highest BCUT2D eigenvalue weighted by Gasteiger charge is 2.16. The van der Waals surface area contributed by atoms with Crippen LogP contribution in [0.2, 0.25) is 10.3 Å². The zero-order valence-corrected chi connectivity index (χ0v) is 12.3. The molecule has 1 saturated heterocycles. The summed E-state index contributed by atoms with van der Waals surface area (Å²) in [6.07, 6.45) is 3.23. The molecular weight excluding hydrogens is 301 g/mol. The highest BCUT2D eigenvalue weighted by Crippen LogP contribution is 2.22. The number of ketones is 1. The SMILES string of the molecule is Nc1nc(Cl)c(C(=O)/C=C/CN2CCNCC2)c(Cl)n1. The van der Waals surface area contributed by atoms with Crippen LogP contribution < -0.4 is 11.1 Å². The highest BCUT2D eigenvalue weighted by atomic mass is 35.5. The third-order valence-corrected chi connectivity index (χ3v) is 3.47. The second-order valence-corrected chi connectivity index (χ2v) is 5.07. The summed E-state index contributed by atoms with van der Waals surface area (Å²) in [5.41, 5.74) is 5.48. The van der Waals surface area contributed by atoms with Gasteiger partial charge < -0.3 is 11.1 Å². The summed E-state index contributed by atoms with van der Waals surface area (Å²) < 4.78 is 0. The van der Waals surface area contributed by atoms with Gasteiger partial charge in [-0.2, -0.15) is 0 Å². The molecule has 0 unspecified atom stereocenters. The van der Waals surface area contributed by atoms with Gasteiger partial charge in [-0.05, 0) is 6.08 Å². The minimum atomic E-state index is -0.324. The van der Waals surface area contributed by atoms with E-state index in [4.69, 9.17) is 28.9 Å². The van der Waals surface area contributed by atoms with Crippen LogP contribution in [-0.4, -0.2) is 53.4 Å². The van der Waals surface area contributed by atoms with Crippen molar-refractivity contribution in [2.24, 2.45) is 0 Å². The Morgan fingerprint density at radius 1 is 1.30 bits per heavy atom. The Morgan fingerprint density at radius 3 is 2.50 bits per heavy atom. The van der Waals surface area contributed by atoms with Crippen LogP contribution in [0.3, 0.4) is 0 Å². The third-order valence-electron chi connectivity index (χ3n) is 2.93. The van der Waals surface area contributed by atoms with Crippen molar-refractivity contribution in [2.45, 2.75) is 0 Å². The number of nitrogens with zero attached hydrogens (tertiary/aromatic N) is 3. The molecule has 0 atom stereocenters. The van der Waals surface area contributed by atoms with Gasteiger partial charge in [-0.1, -0.05) is 29.3 Å². The van der Waals surface area contributed by atoms with Gasteiger partial charge in [0.1, 0.15) is 10.3 Å². The smallest absolute Gasteiger partial charge is 0.222 e. The number of allylic oxidation sites excluding steroid dienone is 1. The van der Waals surface area contributed by atoms with Gasteiger partial charge in [0.25, 0.3) is 0 Å². The highest BCUT2D eigenvalue weighted by molar-refractivity contribution is 6.39. The fraction of sp³-hybridized carbons (Fsp3) is 0.417. The lowest BCUT2D eigenvalue weighted by Gasteiger charge is -2.25. The molecule has 2 rings (SSSR count). The van der Waals surface area contributed by atoms with Crippen LogP contribution in [0.4, 0.5) is 5.95 Å². The Labute approximate surface area is 127 Å². The molecule has 8 heteroatoms. The van der Waals surface area contributed by atoms with E-state index in [1.54, 1.807) is 6.08 Å². The molecule has 0 aliphatic carbocycles. The molecule has 1 aromatic heterocycles. The number of carbonyl (C=O) groups is 1. The summed E-state index contributed by atoms with van der Waals surface area (Å²) in [7, 11) is 0. The first-order valence-electron chi connectivity index (χ1n) is 6.20. The number of hydrogen-bond acceptors (Lipinski definition) is 6. The molecule has 0 spiro atoms. The van der Waals surface area contributed by atoms with Crippen molar-refractivity contribution in [3.05, 3.63) is 28.0 Å². The second kappa shape index (κ2) is 6.99. The van der Waals surface area contributed by atoms with Crippen LogP contribution in [0.25, 0.3) is 0 Å².